The Morgan fingerprint density at radius 3 is 2.79 bits per heavy atom. The van der Waals surface area contributed by atoms with Crippen LogP contribution in [0.2, 0.25) is 5.02 Å². The monoisotopic (exact) mass is 298 g/mol. The van der Waals surface area contributed by atoms with Gasteiger partial charge in [0.1, 0.15) is 11.9 Å². The number of carbonyl (C=O) groups excluding carboxylic acids is 1. The molecule has 1 unspecified atom stereocenters. The second-order valence-corrected chi connectivity index (χ2v) is 5.37. The van der Waals surface area contributed by atoms with Crippen LogP contribution in [0.25, 0.3) is 0 Å². The van der Waals surface area contributed by atoms with Crippen molar-refractivity contribution in [2.75, 3.05) is 0 Å². The fourth-order valence-electron chi connectivity index (χ4n) is 1.75. The van der Waals surface area contributed by atoms with Crippen molar-refractivity contribution in [3.8, 4) is 0 Å². The molecule has 19 heavy (non-hydrogen) atoms. The first-order chi connectivity index (χ1) is 9.09. The van der Waals surface area contributed by atoms with Gasteiger partial charge in [-0.15, -0.1) is 11.3 Å². The van der Waals surface area contributed by atoms with E-state index >= 15 is 0 Å². The lowest BCUT2D eigenvalue weighted by molar-refractivity contribution is -0.120. The molecule has 1 amide bonds. The van der Waals surface area contributed by atoms with E-state index in [4.69, 9.17) is 17.3 Å². The Bertz CT molecular complexity index is 554. The average Bonchev–Trinajstić information content (AvgIpc) is 2.85. The van der Waals surface area contributed by atoms with E-state index in [9.17, 15) is 9.18 Å². The van der Waals surface area contributed by atoms with Crippen molar-refractivity contribution < 1.29 is 9.18 Å². The van der Waals surface area contributed by atoms with Crippen LogP contribution in [0.3, 0.4) is 0 Å². The van der Waals surface area contributed by atoms with Crippen molar-refractivity contribution in [3.05, 3.63) is 57.0 Å². The summed E-state index contributed by atoms with van der Waals surface area (Å²) >= 11 is 7.48. The number of carbonyl (C=O) groups is 1. The van der Waals surface area contributed by atoms with Crippen molar-refractivity contribution in [1.82, 2.24) is 5.32 Å². The Morgan fingerprint density at radius 2 is 2.21 bits per heavy atom. The minimum absolute atomic E-state index is 0.0909. The molecule has 3 nitrogen and oxygen atoms in total. The van der Waals surface area contributed by atoms with Crippen LogP contribution in [0.15, 0.2) is 35.7 Å². The third-order valence-corrected chi connectivity index (χ3v) is 3.84. The fourth-order valence-corrected chi connectivity index (χ4v) is 2.68. The van der Waals surface area contributed by atoms with Gasteiger partial charge in [-0.2, -0.15) is 0 Å². The summed E-state index contributed by atoms with van der Waals surface area (Å²) in [5, 5.41) is 5.04. The van der Waals surface area contributed by atoms with Gasteiger partial charge in [-0.3, -0.25) is 10.1 Å². The maximum Gasteiger partial charge on any atom is 0.239 e. The van der Waals surface area contributed by atoms with E-state index in [0.29, 0.717) is 6.54 Å². The summed E-state index contributed by atoms with van der Waals surface area (Å²) < 4.78 is 13.8. The smallest absolute Gasteiger partial charge is 0.239 e. The van der Waals surface area contributed by atoms with E-state index in [1.165, 1.54) is 29.5 Å². The number of nitrogens with one attached hydrogen (secondary N) is 1. The molecule has 2 aromatic rings. The average molecular weight is 299 g/mol. The second kappa shape index (κ2) is 6.14. The molecule has 1 atom stereocenters. The molecule has 2 rings (SSSR count). The molecule has 0 aliphatic carbocycles. The van der Waals surface area contributed by atoms with Gasteiger partial charge in [0.25, 0.3) is 0 Å². The first-order valence-corrected chi connectivity index (χ1v) is 6.84. The first-order valence-electron chi connectivity index (χ1n) is 5.58. The van der Waals surface area contributed by atoms with Crippen molar-refractivity contribution in [1.29, 1.82) is 0 Å². The lowest BCUT2D eigenvalue weighted by Crippen LogP contribution is -2.34. The predicted octanol–water partition coefficient (Wildman–Crippen LogP) is 2.86. The predicted molar refractivity (Wildman–Crippen MR) is 74.5 cm³/mol. The summed E-state index contributed by atoms with van der Waals surface area (Å²) in [6, 6.07) is 7.14. The van der Waals surface area contributed by atoms with E-state index in [-0.39, 0.29) is 10.6 Å². The molecule has 0 spiro atoms. The zero-order valence-corrected chi connectivity index (χ0v) is 11.5. The number of primary amides is 1. The maximum atomic E-state index is 13.8. The number of rotatable bonds is 5. The summed E-state index contributed by atoms with van der Waals surface area (Å²) in [6.07, 6.45) is 0. The minimum atomic E-state index is -0.948. The van der Waals surface area contributed by atoms with Crippen molar-refractivity contribution in [3.63, 3.8) is 0 Å². The van der Waals surface area contributed by atoms with Crippen molar-refractivity contribution in [2.45, 2.75) is 12.6 Å². The minimum Gasteiger partial charge on any atom is -0.368 e. The molecule has 100 valence electrons. The standard InChI is InChI=1S/C13H12ClFN2OS/c14-9-4-1-5-10(15)11(9)12(13(16)18)17-7-8-3-2-6-19-8/h1-6,12,17H,7H2,(H2,16,18). The Labute approximate surface area is 119 Å². The Balaban J connectivity index is 2.23. The second-order valence-electron chi connectivity index (χ2n) is 3.93. The highest BCUT2D eigenvalue weighted by molar-refractivity contribution is 7.09. The molecular weight excluding hydrogens is 287 g/mol. The molecule has 0 aliphatic rings. The number of hydrogen-bond acceptors (Lipinski definition) is 3. The molecule has 0 fully saturated rings. The van der Waals surface area contributed by atoms with Crippen LogP contribution in [0.1, 0.15) is 16.5 Å². The van der Waals surface area contributed by atoms with E-state index in [1.54, 1.807) is 0 Å². The van der Waals surface area contributed by atoms with Gasteiger partial charge in [-0.05, 0) is 23.6 Å². The van der Waals surface area contributed by atoms with Crippen molar-refractivity contribution >= 4 is 28.8 Å². The topological polar surface area (TPSA) is 55.1 Å². The van der Waals surface area contributed by atoms with E-state index in [1.807, 2.05) is 17.5 Å². The van der Waals surface area contributed by atoms with E-state index < -0.39 is 17.8 Å². The van der Waals surface area contributed by atoms with Gasteiger partial charge in [0, 0.05) is 22.0 Å². The summed E-state index contributed by atoms with van der Waals surface area (Å²) in [5.41, 5.74) is 5.41. The summed E-state index contributed by atoms with van der Waals surface area (Å²) in [6.45, 7) is 0.427. The fraction of sp³-hybridized carbons (Fsp3) is 0.154. The van der Waals surface area contributed by atoms with Crippen LogP contribution >= 0.6 is 22.9 Å². The number of amides is 1. The van der Waals surface area contributed by atoms with Crippen molar-refractivity contribution in [2.24, 2.45) is 5.73 Å². The Morgan fingerprint density at radius 1 is 1.42 bits per heavy atom. The number of thiophene rings is 1. The highest BCUT2D eigenvalue weighted by Gasteiger charge is 2.23. The van der Waals surface area contributed by atoms with Gasteiger partial charge in [0.2, 0.25) is 5.91 Å². The van der Waals surface area contributed by atoms with Crippen LogP contribution < -0.4 is 11.1 Å². The van der Waals surface area contributed by atoms with Crippen LogP contribution in [0.5, 0.6) is 0 Å². The van der Waals surface area contributed by atoms with Gasteiger partial charge in [0.15, 0.2) is 0 Å². The zero-order chi connectivity index (χ0) is 13.8. The summed E-state index contributed by atoms with van der Waals surface area (Å²) in [7, 11) is 0. The molecule has 0 radical (unpaired) electrons. The summed E-state index contributed by atoms with van der Waals surface area (Å²) in [4.78, 5) is 12.5. The van der Waals surface area contributed by atoms with Gasteiger partial charge in [0.05, 0.1) is 0 Å². The van der Waals surface area contributed by atoms with Gasteiger partial charge < -0.3 is 5.73 Å². The van der Waals surface area contributed by atoms with Crippen LogP contribution in [-0.4, -0.2) is 5.91 Å². The zero-order valence-electron chi connectivity index (χ0n) is 9.90. The van der Waals surface area contributed by atoms with Crippen LogP contribution in [-0.2, 0) is 11.3 Å². The van der Waals surface area contributed by atoms with Gasteiger partial charge in [-0.25, -0.2) is 4.39 Å². The molecular formula is C13H12ClFN2OS. The van der Waals surface area contributed by atoms with Gasteiger partial charge >= 0.3 is 0 Å². The molecule has 0 saturated carbocycles. The van der Waals surface area contributed by atoms with Crippen LogP contribution in [0.4, 0.5) is 4.39 Å². The highest BCUT2D eigenvalue weighted by atomic mass is 35.5. The molecule has 1 aromatic heterocycles. The number of nitrogens with two attached hydrogens (primary N) is 1. The number of hydrogen-bond donors (Lipinski definition) is 2. The maximum absolute atomic E-state index is 13.8. The Kier molecular flexibility index (Phi) is 4.52. The summed E-state index contributed by atoms with van der Waals surface area (Å²) in [5.74, 6) is -1.21. The molecule has 1 heterocycles. The molecule has 3 N–H and O–H groups in total. The lowest BCUT2D eigenvalue weighted by atomic mass is 10.1. The molecule has 0 bridgehead atoms. The third-order valence-electron chi connectivity index (χ3n) is 2.63. The largest absolute Gasteiger partial charge is 0.368 e. The highest BCUT2D eigenvalue weighted by Crippen LogP contribution is 2.26. The molecule has 1 aromatic carbocycles. The van der Waals surface area contributed by atoms with Crippen LogP contribution in [0, 0.1) is 5.82 Å². The van der Waals surface area contributed by atoms with Gasteiger partial charge in [-0.1, -0.05) is 23.7 Å². The first kappa shape index (κ1) is 14.0. The quantitative estimate of drug-likeness (QED) is 0.892. The van der Waals surface area contributed by atoms with E-state index in [0.717, 1.165) is 4.88 Å². The SMILES string of the molecule is NC(=O)C(NCc1cccs1)c1c(F)cccc1Cl. The van der Waals surface area contributed by atoms with E-state index in [2.05, 4.69) is 5.32 Å². The molecule has 0 aliphatic heterocycles. The molecule has 6 heteroatoms. The molecule has 0 saturated heterocycles. The normalized spacial score (nSPS) is 12.3. The number of halogens is 2. The Hall–Kier alpha value is -1.43. The lowest BCUT2D eigenvalue weighted by Gasteiger charge is -2.17. The number of benzene rings is 1. The third kappa shape index (κ3) is 3.32.